The van der Waals surface area contributed by atoms with Crippen molar-refractivity contribution in [1.29, 1.82) is 0 Å². The van der Waals surface area contributed by atoms with E-state index in [-0.39, 0.29) is 24.1 Å². The van der Waals surface area contributed by atoms with Gasteiger partial charge in [-0.2, -0.15) is 0 Å². The van der Waals surface area contributed by atoms with Crippen molar-refractivity contribution in [1.82, 2.24) is 15.7 Å². The number of amides is 3. The smallest absolute Gasteiger partial charge is 0.360 e. The molecule has 232 valence electrons. The predicted octanol–water partition coefficient (Wildman–Crippen LogP) is 4.14. The summed E-state index contributed by atoms with van der Waals surface area (Å²) in [5.74, 6) is -1.04. The summed E-state index contributed by atoms with van der Waals surface area (Å²) in [4.78, 5) is 37.2. The highest BCUT2D eigenvalue weighted by Crippen LogP contribution is 2.46. The minimum absolute atomic E-state index is 0.0242. The van der Waals surface area contributed by atoms with Gasteiger partial charge in [0.05, 0.1) is 30.5 Å². The number of nitrogens with one attached hydrogen (secondary N) is 2. The molecule has 12 nitrogen and oxygen atoms in total. The molecule has 0 spiro atoms. The van der Waals surface area contributed by atoms with Gasteiger partial charge in [0.1, 0.15) is 11.5 Å². The fraction of sp³-hybridized carbons (Fsp3) is 0.367. The topological polar surface area (TPSA) is 157 Å². The Morgan fingerprint density at radius 3 is 2.40 bits per heavy atom. The molecule has 2 aromatic carbocycles. The third-order valence-electron chi connectivity index (χ3n) is 6.88. The molecule has 0 aliphatic rings. The molecule has 0 saturated heterocycles. The van der Waals surface area contributed by atoms with Gasteiger partial charge in [-0.05, 0) is 62.1 Å². The maximum Gasteiger partial charge on any atom is 0.360 e. The van der Waals surface area contributed by atoms with Gasteiger partial charge in [-0.3, -0.25) is 24.2 Å². The van der Waals surface area contributed by atoms with Gasteiger partial charge in [-0.25, -0.2) is 5.06 Å². The van der Waals surface area contributed by atoms with Crippen LogP contribution in [0, 0.1) is 5.92 Å². The summed E-state index contributed by atoms with van der Waals surface area (Å²) in [6.45, 7) is 3.73. The molecule has 0 aliphatic heterocycles. The second-order valence-electron chi connectivity index (χ2n) is 9.49. The maximum atomic E-state index is 13.1. The highest BCUT2D eigenvalue weighted by Gasteiger charge is 2.31. The first-order valence-electron chi connectivity index (χ1n) is 13.8. The Bertz CT molecular complexity index is 1400. The number of nitrogens with zero attached hydrogens (tertiary/aromatic N) is 1. The molecule has 2 atom stereocenters. The van der Waals surface area contributed by atoms with Gasteiger partial charge >= 0.3 is 7.60 Å². The molecular formula is C30H38N3O9P. The number of carbonyl (C=O) groups excluding carboxylic acids is 3. The third kappa shape index (κ3) is 8.77. The number of furan rings is 1. The van der Waals surface area contributed by atoms with Gasteiger partial charge in [0.2, 0.25) is 12.3 Å². The average molecular weight is 616 g/mol. The van der Waals surface area contributed by atoms with E-state index >= 15 is 0 Å². The van der Waals surface area contributed by atoms with Gasteiger partial charge in [-0.1, -0.05) is 37.3 Å². The maximum absolute atomic E-state index is 13.1. The second kappa shape index (κ2) is 16.0. The molecule has 43 heavy (non-hydrogen) atoms. The zero-order valence-electron chi connectivity index (χ0n) is 24.6. The largest absolute Gasteiger partial charge is 0.494 e. The van der Waals surface area contributed by atoms with Gasteiger partial charge < -0.3 is 28.8 Å². The van der Waals surface area contributed by atoms with E-state index in [9.17, 15) is 24.2 Å². The lowest BCUT2D eigenvalue weighted by Crippen LogP contribution is -2.47. The van der Waals surface area contributed by atoms with Crippen LogP contribution in [-0.2, 0) is 29.6 Å². The van der Waals surface area contributed by atoms with Crippen LogP contribution < -0.4 is 20.7 Å². The fourth-order valence-corrected chi connectivity index (χ4v) is 5.82. The van der Waals surface area contributed by atoms with Crippen molar-refractivity contribution in [3.05, 3.63) is 72.0 Å². The SMILES string of the molecule is CCOc1cc(-c2ccc(C(=O)NCNC(=O)[C@H](CCc3ccccc3)[C@@H](CC)N(O)C=O)o2)cc(P(=O)(OC)OC)c1. The monoisotopic (exact) mass is 615 g/mol. The Labute approximate surface area is 250 Å². The highest BCUT2D eigenvalue weighted by molar-refractivity contribution is 7.62. The van der Waals surface area contributed by atoms with Gasteiger partial charge in [-0.15, -0.1) is 0 Å². The summed E-state index contributed by atoms with van der Waals surface area (Å²) in [7, 11) is -1.04. The standard InChI is InChI=1S/C30H38N3O9P/c1-5-26(33(37)20-34)25(13-12-21-10-8-7-9-11-21)29(35)31-19-32-30(36)28-15-14-27(42-28)22-16-23(41-6-2)18-24(17-22)43(38,39-3)40-4/h7-11,14-18,20,25-26,37H,5-6,12-13,19H2,1-4H3,(H,31,35)(H,32,36)/t25-,26-/m1/s1. The normalized spacial score (nSPS) is 12.7. The van der Waals surface area contributed by atoms with E-state index in [4.69, 9.17) is 18.2 Å². The van der Waals surface area contributed by atoms with Crippen molar-refractivity contribution < 1.29 is 42.4 Å². The van der Waals surface area contributed by atoms with Crippen LogP contribution in [0.1, 0.15) is 42.8 Å². The lowest BCUT2D eigenvalue weighted by Gasteiger charge is -2.29. The van der Waals surface area contributed by atoms with Crippen LogP contribution in [0.5, 0.6) is 5.75 Å². The zero-order valence-corrected chi connectivity index (χ0v) is 25.5. The summed E-state index contributed by atoms with van der Waals surface area (Å²) in [5.41, 5.74) is 1.50. The molecule has 13 heteroatoms. The number of carbonyl (C=O) groups is 3. The van der Waals surface area contributed by atoms with E-state index in [0.717, 1.165) is 5.56 Å². The van der Waals surface area contributed by atoms with Crippen molar-refractivity contribution >= 4 is 31.1 Å². The molecule has 0 fully saturated rings. The average Bonchev–Trinajstić information content (AvgIpc) is 3.53. The number of hydroxylamine groups is 2. The number of aryl methyl sites for hydroxylation is 1. The summed E-state index contributed by atoms with van der Waals surface area (Å²) in [5, 5.41) is 16.1. The molecule has 1 aromatic heterocycles. The summed E-state index contributed by atoms with van der Waals surface area (Å²) < 4.78 is 34.6. The van der Waals surface area contributed by atoms with Gasteiger partial charge in [0, 0.05) is 19.8 Å². The third-order valence-corrected chi connectivity index (χ3v) is 8.73. The number of ether oxygens (including phenoxy) is 1. The van der Waals surface area contributed by atoms with Gasteiger partial charge in [0.25, 0.3) is 5.91 Å². The number of rotatable bonds is 17. The molecule has 3 N–H and O–H groups in total. The van der Waals surface area contributed by atoms with Crippen LogP contribution in [0.4, 0.5) is 0 Å². The number of hydrogen-bond acceptors (Lipinski definition) is 9. The van der Waals surface area contributed by atoms with Crippen molar-refractivity contribution in [3.63, 3.8) is 0 Å². The molecule has 3 rings (SSSR count). The highest BCUT2D eigenvalue weighted by atomic mass is 31.2. The Morgan fingerprint density at radius 2 is 1.77 bits per heavy atom. The van der Waals surface area contributed by atoms with Crippen molar-refractivity contribution in [2.75, 3.05) is 27.5 Å². The van der Waals surface area contributed by atoms with Crippen LogP contribution in [-0.4, -0.2) is 62.0 Å². The molecular weight excluding hydrogens is 577 g/mol. The molecule has 0 aliphatic carbocycles. The molecule has 0 saturated carbocycles. The quantitative estimate of drug-likeness (QED) is 0.0668. The summed E-state index contributed by atoms with van der Waals surface area (Å²) in [6, 6.07) is 16.7. The van der Waals surface area contributed by atoms with Crippen LogP contribution in [0.2, 0.25) is 0 Å². The first kappa shape index (κ1) is 33.5. The number of hydrogen-bond donors (Lipinski definition) is 3. The zero-order chi connectivity index (χ0) is 31.4. The van der Waals surface area contributed by atoms with Crippen molar-refractivity contribution in [2.45, 2.75) is 39.2 Å². The van der Waals surface area contributed by atoms with E-state index in [1.165, 1.54) is 20.3 Å². The van der Waals surface area contributed by atoms with Crippen LogP contribution in [0.25, 0.3) is 11.3 Å². The predicted molar refractivity (Wildman–Crippen MR) is 159 cm³/mol. The van der Waals surface area contributed by atoms with E-state index in [1.54, 1.807) is 31.2 Å². The minimum atomic E-state index is -3.60. The van der Waals surface area contributed by atoms with Gasteiger partial charge in [0.15, 0.2) is 5.76 Å². The van der Waals surface area contributed by atoms with E-state index in [0.29, 0.717) is 48.0 Å². The van der Waals surface area contributed by atoms with E-state index < -0.39 is 31.4 Å². The Balaban J connectivity index is 1.69. The minimum Gasteiger partial charge on any atom is -0.494 e. The summed E-state index contributed by atoms with van der Waals surface area (Å²) in [6.07, 6.45) is 1.56. The van der Waals surface area contributed by atoms with E-state index in [1.807, 2.05) is 37.3 Å². The van der Waals surface area contributed by atoms with Crippen LogP contribution in [0.3, 0.4) is 0 Å². The first-order valence-corrected chi connectivity index (χ1v) is 15.4. The molecule has 1 heterocycles. The molecule has 3 aromatic rings. The Kier molecular flexibility index (Phi) is 12.5. The molecule has 0 radical (unpaired) electrons. The lowest BCUT2D eigenvalue weighted by molar-refractivity contribution is -0.168. The fourth-order valence-electron chi connectivity index (χ4n) is 4.66. The van der Waals surface area contributed by atoms with Crippen molar-refractivity contribution in [3.8, 4) is 17.1 Å². The first-order chi connectivity index (χ1) is 20.7. The lowest BCUT2D eigenvalue weighted by atomic mass is 9.90. The molecule has 0 bridgehead atoms. The molecule has 3 amide bonds. The molecule has 0 unspecified atom stereocenters. The summed E-state index contributed by atoms with van der Waals surface area (Å²) >= 11 is 0. The second-order valence-corrected chi connectivity index (χ2v) is 11.7. The Hall–Kier alpha value is -3.96. The Morgan fingerprint density at radius 1 is 1.05 bits per heavy atom. The van der Waals surface area contributed by atoms with Crippen molar-refractivity contribution in [2.24, 2.45) is 5.92 Å². The van der Waals surface area contributed by atoms with E-state index in [2.05, 4.69) is 10.6 Å². The number of benzene rings is 2. The van der Waals surface area contributed by atoms with Crippen LogP contribution in [0.15, 0.2) is 65.1 Å². The van der Waals surface area contributed by atoms with Crippen LogP contribution >= 0.6 is 7.60 Å².